The highest BCUT2D eigenvalue weighted by Gasteiger charge is 2.14. The fourth-order valence-corrected chi connectivity index (χ4v) is 2.35. The van der Waals surface area contributed by atoms with E-state index in [-0.39, 0.29) is 17.4 Å². The van der Waals surface area contributed by atoms with Crippen molar-refractivity contribution in [1.82, 2.24) is 4.98 Å². The van der Waals surface area contributed by atoms with Crippen molar-refractivity contribution in [3.8, 4) is 11.1 Å². The molecule has 0 saturated heterocycles. The highest BCUT2D eigenvalue weighted by Crippen LogP contribution is 2.24. The molecule has 0 unspecified atom stereocenters. The predicted octanol–water partition coefficient (Wildman–Crippen LogP) is 3.10. The van der Waals surface area contributed by atoms with Crippen LogP contribution in [-0.2, 0) is 0 Å². The molecule has 0 aliphatic carbocycles. The zero-order valence-corrected chi connectivity index (χ0v) is 12.8. The average Bonchev–Trinajstić information content (AvgIpc) is 2.63. The molecule has 1 heterocycles. The third-order valence-electron chi connectivity index (χ3n) is 3.49. The first-order chi connectivity index (χ1) is 11.6. The number of aromatic nitrogens is 1. The second-order valence-corrected chi connectivity index (χ2v) is 5.14. The highest BCUT2D eigenvalue weighted by atomic mass is 16.2. The van der Waals surface area contributed by atoms with Gasteiger partial charge in [-0.2, -0.15) is 0 Å². The van der Waals surface area contributed by atoms with E-state index in [4.69, 9.17) is 5.73 Å². The van der Waals surface area contributed by atoms with Gasteiger partial charge < -0.3 is 11.1 Å². The SMILES string of the molecule is NC(=O)c1nc(NC(=O)c2ccccc2)ccc1-c1ccccc1. The topological polar surface area (TPSA) is 85.1 Å². The number of anilines is 1. The maximum atomic E-state index is 12.2. The molecule has 5 heteroatoms. The van der Waals surface area contributed by atoms with Crippen LogP contribution in [0.25, 0.3) is 11.1 Å². The number of benzene rings is 2. The molecule has 0 fully saturated rings. The summed E-state index contributed by atoms with van der Waals surface area (Å²) in [5, 5.41) is 2.67. The predicted molar refractivity (Wildman–Crippen MR) is 92.6 cm³/mol. The summed E-state index contributed by atoms with van der Waals surface area (Å²) >= 11 is 0. The van der Waals surface area contributed by atoms with Crippen molar-refractivity contribution in [2.75, 3.05) is 5.32 Å². The fourth-order valence-electron chi connectivity index (χ4n) is 2.35. The van der Waals surface area contributed by atoms with Crippen LogP contribution in [0.4, 0.5) is 5.82 Å². The lowest BCUT2D eigenvalue weighted by molar-refractivity contribution is 0.0991. The van der Waals surface area contributed by atoms with Crippen molar-refractivity contribution < 1.29 is 9.59 Å². The van der Waals surface area contributed by atoms with Crippen molar-refractivity contribution >= 4 is 17.6 Å². The van der Waals surface area contributed by atoms with Crippen LogP contribution in [-0.4, -0.2) is 16.8 Å². The summed E-state index contributed by atoms with van der Waals surface area (Å²) in [4.78, 5) is 28.1. The Bertz CT molecular complexity index is 878. The lowest BCUT2D eigenvalue weighted by Gasteiger charge is -2.10. The Hall–Kier alpha value is -3.47. The molecule has 118 valence electrons. The third-order valence-corrected chi connectivity index (χ3v) is 3.49. The molecule has 5 nitrogen and oxygen atoms in total. The largest absolute Gasteiger partial charge is 0.364 e. The Morgan fingerprint density at radius 2 is 1.46 bits per heavy atom. The number of hydrogen-bond acceptors (Lipinski definition) is 3. The second-order valence-electron chi connectivity index (χ2n) is 5.14. The van der Waals surface area contributed by atoms with Crippen molar-refractivity contribution in [3.05, 3.63) is 84.1 Å². The molecular weight excluding hydrogens is 302 g/mol. The lowest BCUT2D eigenvalue weighted by atomic mass is 10.0. The van der Waals surface area contributed by atoms with Gasteiger partial charge in [0.2, 0.25) is 0 Å². The maximum absolute atomic E-state index is 12.2. The molecule has 2 aromatic carbocycles. The molecule has 3 N–H and O–H groups in total. The van der Waals surface area contributed by atoms with E-state index in [1.54, 1.807) is 36.4 Å². The van der Waals surface area contributed by atoms with Crippen LogP contribution >= 0.6 is 0 Å². The van der Waals surface area contributed by atoms with Crippen LogP contribution in [0.15, 0.2) is 72.8 Å². The molecule has 2 amide bonds. The van der Waals surface area contributed by atoms with Crippen molar-refractivity contribution in [2.45, 2.75) is 0 Å². The van der Waals surface area contributed by atoms with Gasteiger partial charge in [0.15, 0.2) is 0 Å². The van der Waals surface area contributed by atoms with Crippen LogP contribution in [0.1, 0.15) is 20.8 Å². The number of nitrogens with one attached hydrogen (secondary N) is 1. The van der Waals surface area contributed by atoms with Gasteiger partial charge in [0.05, 0.1) is 0 Å². The van der Waals surface area contributed by atoms with Gasteiger partial charge in [-0.15, -0.1) is 0 Å². The quantitative estimate of drug-likeness (QED) is 0.775. The highest BCUT2D eigenvalue weighted by molar-refractivity contribution is 6.04. The van der Waals surface area contributed by atoms with E-state index in [0.717, 1.165) is 5.56 Å². The summed E-state index contributed by atoms with van der Waals surface area (Å²) in [6.45, 7) is 0. The van der Waals surface area contributed by atoms with Crippen molar-refractivity contribution in [3.63, 3.8) is 0 Å². The molecule has 3 aromatic rings. The fraction of sp³-hybridized carbons (Fsp3) is 0. The number of nitrogens with two attached hydrogens (primary N) is 1. The minimum Gasteiger partial charge on any atom is -0.364 e. The molecule has 0 radical (unpaired) electrons. The van der Waals surface area contributed by atoms with Gasteiger partial charge in [-0.25, -0.2) is 4.98 Å². The zero-order chi connectivity index (χ0) is 16.9. The summed E-state index contributed by atoms with van der Waals surface area (Å²) in [5.41, 5.74) is 7.53. The Labute approximate surface area is 139 Å². The Balaban J connectivity index is 1.93. The van der Waals surface area contributed by atoms with E-state index in [1.807, 2.05) is 36.4 Å². The summed E-state index contributed by atoms with van der Waals surface area (Å²) < 4.78 is 0. The average molecular weight is 317 g/mol. The standard InChI is InChI=1S/C19H15N3O2/c20-18(23)17-15(13-7-3-1-4-8-13)11-12-16(21-17)22-19(24)14-9-5-2-6-10-14/h1-12H,(H2,20,23)(H,21,22,24). The zero-order valence-electron chi connectivity index (χ0n) is 12.8. The number of amides is 2. The van der Waals surface area contributed by atoms with Gasteiger partial charge in [0.1, 0.15) is 11.5 Å². The van der Waals surface area contributed by atoms with E-state index in [1.165, 1.54) is 0 Å². The van der Waals surface area contributed by atoms with E-state index >= 15 is 0 Å². The molecule has 0 spiro atoms. The van der Waals surface area contributed by atoms with E-state index < -0.39 is 5.91 Å². The molecule has 0 atom stereocenters. The first kappa shape index (κ1) is 15.4. The van der Waals surface area contributed by atoms with E-state index in [9.17, 15) is 9.59 Å². The van der Waals surface area contributed by atoms with E-state index in [2.05, 4.69) is 10.3 Å². The van der Waals surface area contributed by atoms with Crippen molar-refractivity contribution in [1.29, 1.82) is 0 Å². The van der Waals surface area contributed by atoms with Crippen LogP contribution in [0.3, 0.4) is 0 Å². The molecule has 0 saturated carbocycles. The van der Waals surface area contributed by atoms with Gasteiger partial charge in [0, 0.05) is 11.1 Å². The first-order valence-electron chi connectivity index (χ1n) is 7.38. The van der Waals surface area contributed by atoms with Gasteiger partial charge in [-0.1, -0.05) is 48.5 Å². The monoisotopic (exact) mass is 317 g/mol. The molecule has 1 aromatic heterocycles. The number of carbonyl (C=O) groups is 2. The number of primary amides is 1. The Morgan fingerprint density at radius 1 is 0.833 bits per heavy atom. The summed E-state index contributed by atoms with van der Waals surface area (Å²) in [6.07, 6.45) is 0. The summed E-state index contributed by atoms with van der Waals surface area (Å²) in [6, 6.07) is 21.5. The molecule has 3 rings (SSSR count). The number of nitrogens with zero attached hydrogens (tertiary/aromatic N) is 1. The first-order valence-corrected chi connectivity index (χ1v) is 7.38. The molecule has 0 aliphatic rings. The third kappa shape index (κ3) is 3.30. The smallest absolute Gasteiger partial charge is 0.268 e. The van der Waals surface area contributed by atoms with Crippen LogP contribution in [0.2, 0.25) is 0 Å². The lowest BCUT2D eigenvalue weighted by Crippen LogP contribution is -2.18. The van der Waals surface area contributed by atoms with E-state index in [0.29, 0.717) is 11.1 Å². The number of pyridine rings is 1. The Kier molecular flexibility index (Phi) is 4.34. The maximum Gasteiger partial charge on any atom is 0.268 e. The number of hydrogen-bond donors (Lipinski definition) is 2. The second kappa shape index (κ2) is 6.75. The van der Waals surface area contributed by atoms with Gasteiger partial charge in [-0.3, -0.25) is 9.59 Å². The number of rotatable bonds is 4. The molecule has 0 bridgehead atoms. The van der Waals surface area contributed by atoms with Crippen LogP contribution in [0.5, 0.6) is 0 Å². The number of carbonyl (C=O) groups excluding carboxylic acids is 2. The summed E-state index contributed by atoms with van der Waals surface area (Å²) in [5.74, 6) is -0.673. The van der Waals surface area contributed by atoms with Crippen molar-refractivity contribution in [2.24, 2.45) is 5.73 Å². The Morgan fingerprint density at radius 3 is 2.08 bits per heavy atom. The minimum atomic E-state index is -0.648. The van der Waals surface area contributed by atoms with Crippen LogP contribution in [0, 0.1) is 0 Å². The molecule has 24 heavy (non-hydrogen) atoms. The van der Waals surface area contributed by atoms with Gasteiger partial charge >= 0.3 is 0 Å². The minimum absolute atomic E-state index is 0.118. The summed E-state index contributed by atoms with van der Waals surface area (Å²) in [7, 11) is 0. The van der Waals surface area contributed by atoms with Crippen LogP contribution < -0.4 is 11.1 Å². The van der Waals surface area contributed by atoms with Gasteiger partial charge in [0.25, 0.3) is 11.8 Å². The molecule has 0 aliphatic heterocycles. The normalized spacial score (nSPS) is 10.2. The molecular formula is C19H15N3O2. The van der Waals surface area contributed by atoms with Gasteiger partial charge in [-0.05, 0) is 29.8 Å².